The van der Waals surface area contributed by atoms with Gasteiger partial charge in [0.1, 0.15) is 19.3 Å². The molecule has 3 unspecified atom stereocenters. The summed E-state index contributed by atoms with van der Waals surface area (Å²) in [6.07, 6.45) is 65.4. The van der Waals surface area contributed by atoms with E-state index in [0.717, 1.165) is 114 Å². The lowest BCUT2D eigenvalue weighted by molar-refractivity contribution is -0.161. The average molecular weight is 1520 g/mol. The number of aliphatic hydroxyl groups is 1. The molecule has 0 aliphatic carbocycles. The third-order valence-electron chi connectivity index (χ3n) is 20.2. The Morgan fingerprint density at radius 2 is 0.490 bits per heavy atom. The quantitative estimate of drug-likeness (QED) is 0.0222. The van der Waals surface area contributed by atoms with Crippen LogP contribution in [0, 0.1) is 17.8 Å². The zero-order valence-electron chi connectivity index (χ0n) is 68.5. The van der Waals surface area contributed by atoms with Crippen molar-refractivity contribution >= 4 is 39.5 Å². The fourth-order valence-electron chi connectivity index (χ4n) is 13.2. The number of unbranched alkanes of at least 4 members (excludes halogenated alkanes) is 50. The first kappa shape index (κ1) is 102. The first-order valence-corrected chi connectivity index (χ1v) is 46.9. The molecule has 0 rings (SSSR count). The molecule has 104 heavy (non-hydrogen) atoms. The second kappa shape index (κ2) is 75.1. The van der Waals surface area contributed by atoms with Crippen LogP contribution in [0.5, 0.6) is 0 Å². The molecule has 0 aliphatic rings. The Balaban J connectivity index is 5.20. The van der Waals surface area contributed by atoms with Crippen LogP contribution in [0.15, 0.2) is 0 Å². The van der Waals surface area contributed by atoms with Crippen LogP contribution in [0.4, 0.5) is 0 Å². The standard InChI is InChI=1S/C85H166O17P2/c1-8-10-11-12-13-14-15-34-40-45-54-61-68-84(89)102-81(73-96-83(88)67-60-53-48-47-51-58-65-78(7)9-2)75-100-104(93,94)98-71-79(86)70-97-103(91,92)99-74-80(101-85(90)69-62-55-46-41-36-31-27-23-19-17-21-25-29-33-38-43-50-57-64-77(5)6)72-95-82(87)66-59-52-44-39-35-30-26-22-18-16-20-24-28-32-37-42-49-56-63-76(3)4/h76-81,86H,8-75H2,1-7H3,(H,91,92)(H,93,94)/t78?,79-,80-,81-/m1/s1. The second-order valence-electron chi connectivity index (χ2n) is 31.8. The molecule has 6 atom stereocenters. The van der Waals surface area contributed by atoms with E-state index in [1.165, 1.54) is 250 Å². The predicted octanol–water partition coefficient (Wildman–Crippen LogP) is 25.7. The van der Waals surface area contributed by atoms with Crippen LogP contribution in [-0.4, -0.2) is 96.7 Å². The highest BCUT2D eigenvalue weighted by molar-refractivity contribution is 7.47. The molecule has 3 N–H and O–H groups in total. The summed E-state index contributed by atoms with van der Waals surface area (Å²) >= 11 is 0. The summed E-state index contributed by atoms with van der Waals surface area (Å²) in [4.78, 5) is 73.1. The smallest absolute Gasteiger partial charge is 0.462 e. The minimum Gasteiger partial charge on any atom is -0.462 e. The Morgan fingerprint density at radius 3 is 0.731 bits per heavy atom. The highest BCUT2D eigenvalue weighted by Crippen LogP contribution is 2.45. The maximum absolute atomic E-state index is 13.1. The van der Waals surface area contributed by atoms with E-state index in [-0.39, 0.29) is 25.7 Å². The fourth-order valence-corrected chi connectivity index (χ4v) is 14.7. The van der Waals surface area contributed by atoms with Crippen LogP contribution in [0.2, 0.25) is 0 Å². The van der Waals surface area contributed by atoms with Gasteiger partial charge in [0, 0.05) is 25.7 Å². The van der Waals surface area contributed by atoms with E-state index in [0.29, 0.717) is 25.7 Å². The van der Waals surface area contributed by atoms with E-state index in [1.54, 1.807) is 0 Å². The van der Waals surface area contributed by atoms with Gasteiger partial charge in [0.25, 0.3) is 0 Å². The van der Waals surface area contributed by atoms with E-state index in [2.05, 4.69) is 48.5 Å². The van der Waals surface area contributed by atoms with Crippen molar-refractivity contribution in [2.24, 2.45) is 17.8 Å². The number of ether oxygens (including phenoxy) is 4. The Hall–Kier alpha value is -1.94. The molecule has 19 heteroatoms. The number of carbonyl (C=O) groups excluding carboxylic acids is 4. The summed E-state index contributed by atoms with van der Waals surface area (Å²) in [5, 5.41) is 10.7. The van der Waals surface area contributed by atoms with Crippen LogP contribution in [0.25, 0.3) is 0 Å². The van der Waals surface area contributed by atoms with E-state index >= 15 is 0 Å². The lowest BCUT2D eigenvalue weighted by atomic mass is 10.00. The Kier molecular flexibility index (Phi) is 73.7. The summed E-state index contributed by atoms with van der Waals surface area (Å²) in [5.74, 6) is 0.267. The molecule has 0 aromatic heterocycles. The van der Waals surface area contributed by atoms with Gasteiger partial charge < -0.3 is 33.8 Å². The van der Waals surface area contributed by atoms with Crippen LogP contribution in [0.3, 0.4) is 0 Å². The molecular formula is C85H166O17P2. The van der Waals surface area contributed by atoms with Crippen LogP contribution in [0.1, 0.15) is 447 Å². The lowest BCUT2D eigenvalue weighted by Crippen LogP contribution is -2.30. The number of hydrogen-bond donors (Lipinski definition) is 3. The first-order chi connectivity index (χ1) is 50.3. The average Bonchev–Trinajstić information content (AvgIpc) is 0.905. The van der Waals surface area contributed by atoms with Crippen LogP contribution in [-0.2, 0) is 65.4 Å². The topological polar surface area (TPSA) is 237 Å². The SMILES string of the molecule is CCCCCCCCCCCCCCC(=O)O[C@H](COC(=O)CCCCCCCCC(C)CC)COP(=O)(O)OC[C@H](O)COP(=O)(O)OC[C@@H](COC(=O)CCCCCCCCCCCCCCCCCCCCC(C)C)OC(=O)CCCCCCCCCCCCCCCCCCCCC(C)C. The number of phosphoric ester groups is 2. The summed E-state index contributed by atoms with van der Waals surface area (Å²) in [7, 11) is -9.92. The first-order valence-electron chi connectivity index (χ1n) is 43.9. The molecule has 0 spiro atoms. The number of aliphatic hydroxyl groups excluding tert-OH is 1. The number of carbonyl (C=O) groups is 4. The van der Waals surface area contributed by atoms with Crippen molar-refractivity contribution in [3.05, 3.63) is 0 Å². The number of rotatable bonds is 83. The van der Waals surface area contributed by atoms with Gasteiger partial charge in [-0.3, -0.25) is 37.3 Å². The largest absolute Gasteiger partial charge is 0.472 e. The van der Waals surface area contributed by atoms with Crippen molar-refractivity contribution in [1.82, 2.24) is 0 Å². The number of esters is 4. The molecule has 0 amide bonds. The minimum absolute atomic E-state index is 0.107. The van der Waals surface area contributed by atoms with Crippen molar-refractivity contribution in [1.29, 1.82) is 0 Å². The fraction of sp³-hybridized carbons (Fsp3) is 0.953. The van der Waals surface area contributed by atoms with Crippen molar-refractivity contribution in [2.75, 3.05) is 39.6 Å². The summed E-state index contributed by atoms with van der Waals surface area (Å²) < 4.78 is 68.8. The van der Waals surface area contributed by atoms with E-state index in [4.69, 9.17) is 37.0 Å². The van der Waals surface area contributed by atoms with Gasteiger partial charge in [0.05, 0.1) is 26.4 Å². The van der Waals surface area contributed by atoms with E-state index < -0.39 is 97.5 Å². The molecule has 17 nitrogen and oxygen atoms in total. The van der Waals surface area contributed by atoms with Crippen molar-refractivity contribution in [3.8, 4) is 0 Å². The second-order valence-corrected chi connectivity index (χ2v) is 34.7. The third kappa shape index (κ3) is 76.8. The van der Waals surface area contributed by atoms with Crippen molar-refractivity contribution < 1.29 is 80.2 Å². The number of hydrogen-bond acceptors (Lipinski definition) is 15. The van der Waals surface area contributed by atoms with E-state index in [1.807, 2.05) is 0 Å². The van der Waals surface area contributed by atoms with Gasteiger partial charge in [-0.15, -0.1) is 0 Å². The zero-order valence-corrected chi connectivity index (χ0v) is 70.3. The zero-order chi connectivity index (χ0) is 76.5. The summed E-state index contributed by atoms with van der Waals surface area (Å²) in [5.41, 5.74) is 0. The Morgan fingerprint density at radius 1 is 0.279 bits per heavy atom. The Bertz CT molecular complexity index is 2010. The Labute approximate surface area is 638 Å². The van der Waals surface area contributed by atoms with Gasteiger partial charge >= 0.3 is 39.5 Å². The summed E-state index contributed by atoms with van der Waals surface area (Å²) in [6.45, 7) is 12.0. The van der Waals surface area contributed by atoms with Crippen molar-refractivity contribution in [3.63, 3.8) is 0 Å². The molecule has 0 bridgehead atoms. The van der Waals surface area contributed by atoms with E-state index in [9.17, 15) is 43.2 Å². The molecule has 0 radical (unpaired) electrons. The molecular weight excluding hydrogens is 1350 g/mol. The third-order valence-corrected chi connectivity index (χ3v) is 22.1. The van der Waals surface area contributed by atoms with Crippen LogP contribution >= 0.6 is 15.6 Å². The van der Waals surface area contributed by atoms with Gasteiger partial charge in [-0.2, -0.15) is 0 Å². The molecule has 0 aromatic carbocycles. The highest BCUT2D eigenvalue weighted by Gasteiger charge is 2.30. The maximum atomic E-state index is 13.1. The molecule has 0 aliphatic heterocycles. The maximum Gasteiger partial charge on any atom is 0.472 e. The van der Waals surface area contributed by atoms with Crippen molar-refractivity contribution in [2.45, 2.75) is 465 Å². The molecule has 0 saturated carbocycles. The minimum atomic E-state index is -4.97. The van der Waals surface area contributed by atoms with Crippen LogP contribution < -0.4 is 0 Å². The van der Waals surface area contributed by atoms with Gasteiger partial charge in [-0.05, 0) is 43.4 Å². The molecule has 0 saturated heterocycles. The normalized spacial score (nSPS) is 14.2. The van der Waals surface area contributed by atoms with Gasteiger partial charge in [-0.1, -0.05) is 395 Å². The molecule has 0 heterocycles. The predicted molar refractivity (Wildman–Crippen MR) is 428 cm³/mol. The monoisotopic (exact) mass is 1520 g/mol. The number of phosphoric acid groups is 2. The molecule has 0 fully saturated rings. The van der Waals surface area contributed by atoms with Gasteiger partial charge in [-0.25, -0.2) is 9.13 Å². The molecule has 0 aromatic rings. The lowest BCUT2D eigenvalue weighted by Gasteiger charge is -2.21. The van der Waals surface area contributed by atoms with Gasteiger partial charge in [0.15, 0.2) is 12.2 Å². The van der Waals surface area contributed by atoms with Gasteiger partial charge in [0.2, 0.25) is 0 Å². The summed E-state index contributed by atoms with van der Waals surface area (Å²) in [6, 6.07) is 0. The molecule has 618 valence electrons. The highest BCUT2D eigenvalue weighted by atomic mass is 31.2.